The van der Waals surface area contributed by atoms with Crippen LogP contribution in [-0.2, 0) is 5.41 Å². The topological polar surface area (TPSA) is 68.5 Å². The number of para-hydroxylation sites is 5. The summed E-state index contributed by atoms with van der Waals surface area (Å²) >= 11 is 0. The van der Waals surface area contributed by atoms with E-state index >= 15 is 0 Å². The van der Waals surface area contributed by atoms with Gasteiger partial charge in [-0.2, -0.15) is 0 Å². The van der Waals surface area contributed by atoms with Crippen LogP contribution in [0.25, 0.3) is 65.9 Å². The maximum absolute atomic E-state index is 8.48. The normalized spacial score (nSPS) is 25.2. The van der Waals surface area contributed by atoms with Crippen LogP contribution in [0.1, 0.15) is 258 Å². The SMILES string of the molecule is Cc1ccc2c(n1)oc1c(N3C(C)C(C)(C)CC3(C)C)c(C)ccc12.Cc1ccc2c(oc3ccccc32)c1N1C(C)C(C)(C)CC1(C)C.Cc1ccc2c(oc3ccccc32)c1N1C(C)C2(CCCCC2)CC1(C)C.Cc1ccccc1N1c2ccccc2C2(CCCCC2)C1C.[2H]C1(C)C(C)N(c2ccccc2C)C(C)(C)C1([2H])[2H]. The molecule has 2 saturated carbocycles. The quantitative estimate of drug-likeness (QED) is 0.168. The largest absolute Gasteiger partial charge is 0.454 e. The first-order valence-electron chi connectivity index (χ1n) is 44.8. The average molecular weight is 1530 g/mol. The molecule has 602 valence electrons. The highest BCUT2D eigenvalue weighted by molar-refractivity contribution is 6.12. The number of hydrogen-bond donors (Lipinski definition) is 0. The molecule has 114 heavy (non-hydrogen) atoms. The lowest BCUT2D eigenvalue weighted by Crippen LogP contribution is -2.44. The third-order valence-corrected chi connectivity index (χ3v) is 29.2. The molecule has 9 heterocycles. The molecule has 6 unspecified atom stereocenters. The molecule has 5 aliphatic heterocycles. The number of pyridine rings is 1. The number of nitrogens with zero attached hydrogens (tertiary/aromatic N) is 6. The van der Waals surface area contributed by atoms with Crippen molar-refractivity contribution < 1.29 is 17.4 Å². The molecule has 8 aromatic carbocycles. The van der Waals surface area contributed by atoms with E-state index in [1.54, 1.807) is 12.5 Å². The Morgan fingerprint density at radius 1 is 0.360 bits per heavy atom. The molecule has 6 atom stereocenters. The summed E-state index contributed by atoms with van der Waals surface area (Å²) in [6.45, 7) is 53.8. The van der Waals surface area contributed by atoms with Crippen LogP contribution in [0.4, 0.5) is 34.1 Å². The Labute approximate surface area is 687 Å². The van der Waals surface area contributed by atoms with E-state index in [-0.39, 0.29) is 33.5 Å². The summed E-state index contributed by atoms with van der Waals surface area (Å²) < 4.78 is 44.4. The first-order chi connectivity index (χ1) is 55.1. The van der Waals surface area contributed by atoms with E-state index in [1.807, 2.05) is 65.0 Å². The number of hydrogen-bond acceptors (Lipinski definition) is 9. The predicted octanol–water partition coefficient (Wildman–Crippen LogP) is 29.3. The van der Waals surface area contributed by atoms with Crippen LogP contribution < -0.4 is 24.5 Å². The van der Waals surface area contributed by atoms with Gasteiger partial charge in [0.05, 0.1) is 17.1 Å². The number of aromatic nitrogens is 1. The Hall–Kier alpha value is -8.69. The molecule has 0 amide bonds. The molecule has 4 aromatic heterocycles. The van der Waals surface area contributed by atoms with E-state index in [9.17, 15) is 0 Å². The van der Waals surface area contributed by atoms with E-state index in [1.165, 1.54) is 149 Å². The zero-order valence-electron chi connectivity index (χ0n) is 76.7. The molecular formula is C105H134N6O3. The van der Waals surface area contributed by atoms with Gasteiger partial charge in [-0.15, -0.1) is 0 Å². The van der Waals surface area contributed by atoms with Crippen molar-refractivity contribution >= 4 is 100 Å². The fourth-order valence-electron chi connectivity index (χ4n) is 23.7. The van der Waals surface area contributed by atoms with Crippen LogP contribution in [0.15, 0.2) is 183 Å². The number of fused-ring (bicyclic) bond motifs is 11. The van der Waals surface area contributed by atoms with Gasteiger partial charge in [0, 0.05) is 117 Å². The zero-order valence-corrected chi connectivity index (χ0v) is 73.7. The number of rotatable bonds is 5. The number of furan rings is 3. The first-order valence-corrected chi connectivity index (χ1v) is 43.3. The Morgan fingerprint density at radius 3 is 1.23 bits per heavy atom. The summed E-state index contributed by atoms with van der Waals surface area (Å²) in [5.74, 6) is -1.14. The van der Waals surface area contributed by atoms with Gasteiger partial charge in [0.15, 0.2) is 16.7 Å². The van der Waals surface area contributed by atoms with Crippen LogP contribution in [-0.4, -0.2) is 57.3 Å². The van der Waals surface area contributed by atoms with Gasteiger partial charge >= 0.3 is 0 Å². The molecule has 9 nitrogen and oxygen atoms in total. The summed E-state index contributed by atoms with van der Waals surface area (Å²) in [7, 11) is 0. The molecule has 2 aliphatic carbocycles. The van der Waals surface area contributed by atoms with E-state index in [2.05, 4.69) is 294 Å². The number of benzene rings is 8. The van der Waals surface area contributed by atoms with Crippen LogP contribution in [0.3, 0.4) is 0 Å². The van der Waals surface area contributed by atoms with Crippen molar-refractivity contribution in [1.29, 1.82) is 0 Å². The van der Waals surface area contributed by atoms with Crippen molar-refractivity contribution in [1.82, 2.24) is 4.98 Å². The van der Waals surface area contributed by atoms with E-state index in [4.69, 9.17) is 17.4 Å². The summed E-state index contributed by atoms with van der Waals surface area (Å²) in [6.07, 6.45) is 15.8. The lowest BCUT2D eigenvalue weighted by atomic mass is 9.67. The van der Waals surface area contributed by atoms with E-state index in [0.29, 0.717) is 35.0 Å². The molecule has 2 spiro atoms. The molecule has 7 aliphatic rings. The van der Waals surface area contributed by atoms with Gasteiger partial charge in [-0.3, -0.25) is 0 Å². The van der Waals surface area contributed by atoms with Gasteiger partial charge in [0.25, 0.3) is 0 Å². The maximum atomic E-state index is 8.48. The Kier molecular flexibility index (Phi) is 20.0. The van der Waals surface area contributed by atoms with Crippen molar-refractivity contribution in [2.45, 2.75) is 314 Å². The molecule has 0 bridgehead atoms. The van der Waals surface area contributed by atoms with Crippen LogP contribution >= 0.6 is 0 Å². The highest BCUT2D eigenvalue weighted by Crippen LogP contribution is 2.60. The lowest BCUT2D eigenvalue weighted by molar-refractivity contribution is 0.170. The smallest absolute Gasteiger partial charge is 0.227 e. The zero-order chi connectivity index (χ0) is 84.0. The number of anilines is 6. The molecule has 19 rings (SSSR count). The minimum atomic E-state index is -1.58. The fourth-order valence-corrected chi connectivity index (χ4v) is 23.7. The van der Waals surface area contributed by atoms with Gasteiger partial charge < -0.3 is 37.8 Å². The van der Waals surface area contributed by atoms with E-state index < -0.39 is 17.8 Å². The van der Waals surface area contributed by atoms with Gasteiger partial charge in [0.1, 0.15) is 11.2 Å². The molecule has 0 N–H and O–H groups in total. The molecule has 12 aromatic rings. The molecule has 4 saturated heterocycles. The highest BCUT2D eigenvalue weighted by atomic mass is 16.3. The summed E-state index contributed by atoms with van der Waals surface area (Å²) in [6, 6.07) is 62.1. The van der Waals surface area contributed by atoms with Crippen molar-refractivity contribution in [2.75, 3.05) is 24.5 Å². The van der Waals surface area contributed by atoms with Crippen molar-refractivity contribution in [3.8, 4) is 0 Å². The van der Waals surface area contributed by atoms with Crippen molar-refractivity contribution in [2.24, 2.45) is 22.1 Å². The molecule has 6 fully saturated rings. The monoisotopic (exact) mass is 1530 g/mol. The molecule has 9 heteroatoms. The van der Waals surface area contributed by atoms with Crippen molar-refractivity contribution in [3.63, 3.8) is 0 Å². The van der Waals surface area contributed by atoms with Gasteiger partial charge in [-0.05, 0) is 281 Å². The highest BCUT2D eigenvalue weighted by Gasteiger charge is 2.56. The second kappa shape index (κ2) is 29.8. The third-order valence-electron chi connectivity index (χ3n) is 29.2. The average Bonchev–Trinajstić information content (AvgIpc) is 1.59. The standard InChI is InChI=1S/C25H31NO.C22H28N2O.C22H27NO.C21H25N.C15H23N/c1-17-12-13-20-19-10-6-7-11-21(19)27-23(20)22(17)26-18(2)25(16-24(26,3)4)14-8-5-9-15-25;1-13-8-10-16-17-11-9-14(2)23-20(17)25-19(16)18(13)24-15(3)21(4,5)12-22(24,6)7;1-14-11-12-17-16-9-7-8-10-18(16)24-20(17)19(14)23-15(2)21(3,4)13-22(23,5)6;1-16-10-4-6-12-19(16)22-17(2)21(14-8-3-9-15-21)18-11-5-7-13-20(18)22;1-11-8-6-7-9-14(11)16-13(3)12(2)10-15(16,4)5/h6-7,10-13,18H,5,8-9,14-16H2,1-4H3;8-11,15H,12H2,1-7H3;7-12,15H,13H2,1-6H3;4-7,10-13,17H,3,8-9,14-15H2,1-2H3;6-9,12-13H,10H2,1-5H3/i;;;;10D2,12D. The van der Waals surface area contributed by atoms with E-state index in [0.717, 1.165) is 67.8 Å². The molecular weight excluding hydrogens is 1390 g/mol. The second-order valence-electron chi connectivity index (χ2n) is 39.7. The fraction of sp³-hybridized carbons (Fsp3) is 0.495. The van der Waals surface area contributed by atoms with Gasteiger partial charge in [-0.25, -0.2) is 4.98 Å². The second-order valence-corrected chi connectivity index (χ2v) is 39.7. The Balaban J connectivity index is 0.000000115. The number of aryl methyl sites for hydroxylation is 6. The lowest BCUT2D eigenvalue weighted by Gasteiger charge is -2.41. The summed E-state index contributed by atoms with van der Waals surface area (Å²) in [4.78, 5) is 17.2. The molecule has 0 radical (unpaired) electrons. The minimum Gasteiger partial charge on any atom is -0.454 e. The summed E-state index contributed by atoms with van der Waals surface area (Å²) in [5.41, 5.74) is 23.4. The summed E-state index contributed by atoms with van der Waals surface area (Å²) in [5, 5.41) is 7.17. The van der Waals surface area contributed by atoms with Crippen LogP contribution in [0.5, 0.6) is 0 Å². The Bertz CT molecular complexity index is 5700. The van der Waals surface area contributed by atoms with Crippen LogP contribution in [0, 0.1) is 63.7 Å². The van der Waals surface area contributed by atoms with Gasteiger partial charge in [-0.1, -0.05) is 201 Å². The van der Waals surface area contributed by atoms with Crippen LogP contribution in [0.2, 0.25) is 0 Å². The van der Waals surface area contributed by atoms with Crippen molar-refractivity contribution in [3.05, 3.63) is 209 Å². The first kappa shape index (κ1) is 76.6. The maximum Gasteiger partial charge on any atom is 0.227 e. The minimum absolute atomic E-state index is 0.0876. The third kappa shape index (κ3) is 13.9. The Morgan fingerprint density at radius 2 is 0.763 bits per heavy atom. The predicted molar refractivity (Wildman–Crippen MR) is 488 cm³/mol. The van der Waals surface area contributed by atoms with Gasteiger partial charge in [0.2, 0.25) is 5.71 Å².